The number of carbonyl (C=O) groups is 1. The van der Waals surface area contributed by atoms with E-state index in [2.05, 4.69) is 20.6 Å². The van der Waals surface area contributed by atoms with Crippen molar-refractivity contribution in [2.24, 2.45) is 11.5 Å². The average Bonchev–Trinajstić information content (AvgIpc) is 2.63. The van der Waals surface area contributed by atoms with Gasteiger partial charge in [0.2, 0.25) is 0 Å². The molecule has 1 saturated carbocycles. The lowest BCUT2D eigenvalue weighted by Crippen LogP contribution is -2.42. The molecule has 0 aromatic carbocycles. The minimum Gasteiger partial charge on any atom is -0.379 e. The number of amides is 1. The van der Waals surface area contributed by atoms with Gasteiger partial charge >= 0.3 is 0 Å². The van der Waals surface area contributed by atoms with Crippen LogP contribution in [-0.4, -0.2) is 42.1 Å². The Morgan fingerprint density at radius 3 is 2.64 bits per heavy atom. The highest BCUT2D eigenvalue weighted by atomic mass is 16.1. The minimum atomic E-state index is -0.594. The number of nitrogens with one attached hydrogen (secondary N) is 2. The molecule has 8 heteroatoms. The maximum absolute atomic E-state index is 11.9. The second kappa shape index (κ2) is 8.43. The third-order valence-corrected chi connectivity index (χ3v) is 5.01. The molecule has 0 unspecified atom stereocenters. The van der Waals surface area contributed by atoms with E-state index < -0.39 is 5.91 Å². The van der Waals surface area contributed by atoms with Crippen LogP contribution in [0.2, 0.25) is 0 Å². The fraction of sp³-hybridized carbons (Fsp3) is 0.450. The summed E-state index contributed by atoms with van der Waals surface area (Å²) >= 11 is 0. The number of hydrogen-bond acceptors (Lipinski definition) is 7. The van der Waals surface area contributed by atoms with E-state index >= 15 is 0 Å². The number of primary amides is 1. The first-order valence-corrected chi connectivity index (χ1v) is 9.58. The van der Waals surface area contributed by atoms with Gasteiger partial charge < -0.3 is 27.0 Å². The highest BCUT2D eigenvalue weighted by Gasteiger charge is 2.22. The van der Waals surface area contributed by atoms with Crippen LogP contribution in [0.3, 0.4) is 0 Å². The predicted octanol–water partition coefficient (Wildman–Crippen LogP) is 2.38. The molecule has 1 aliphatic carbocycles. The predicted molar refractivity (Wildman–Crippen MR) is 113 cm³/mol. The quantitative estimate of drug-likeness (QED) is 0.604. The highest BCUT2D eigenvalue weighted by molar-refractivity contribution is 5.97. The third kappa shape index (κ3) is 4.69. The van der Waals surface area contributed by atoms with Crippen molar-refractivity contribution in [2.75, 3.05) is 29.6 Å². The van der Waals surface area contributed by atoms with E-state index in [0.717, 1.165) is 42.8 Å². The number of anilines is 4. The van der Waals surface area contributed by atoms with Crippen molar-refractivity contribution >= 4 is 28.8 Å². The van der Waals surface area contributed by atoms with Crippen molar-refractivity contribution in [3.63, 3.8) is 0 Å². The maximum atomic E-state index is 11.9. The van der Waals surface area contributed by atoms with E-state index in [9.17, 15) is 4.79 Å². The zero-order chi connectivity index (χ0) is 20.3. The van der Waals surface area contributed by atoms with Gasteiger partial charge in [0.05, 0.1) is 17.6 Å². The monoisotopic (exact) mass is 383 g/mol. The van der Waals surface area contributed by atoms with Crippen LogP contribution in [0.1, 0.15) is 41.9 Å². The Hall–Kier alpha value is -2.87. The topological polar surface area (TPSA) is 122 Å². The number of aryl methyl sites for hydroxylation is 1. The molecule has 0 saturated heterocycles. The molecule has 1 fully saturated rings. The molecule has 0 radical (unpaired) electrons. The van der Waals surface area contributed by atoms with E-state index in [4.69, 9.17) is 11.5 Å². The largest absolute Gasteiger partial charge is 0.379 e. The number of hydrogen-bond donors (Lipinski definition) is 4. The van der Waals surface area contributed by atoms with Crippen molar-refractivity contribution in [3.8, 4) is 0 Å². The van der Waals surface area contributed by atoms with Gasteiger partial charge in [-0.3, -0.25) is 4.79 Å². The van der Waals surface area contributed by atoms with Crippen molar-refractivity contribution < 1.29 is 4.79 Å². The lowest BCUT2D eigenvalue weighted by atomic mass is 9.91. The van der Waals surface area contributed by atoms with Crippen molar-refractivity contribution in [1.82, 2.24) is 9.97 Å². The summed E-state index contributed by atoms with van der Waals surface area (Å²) in [4.78, 5) is 22.6. The van der Waals surface area contributed by atoms with E-state index in [1.807, 2.05) is 44.1 Å². The van der Waals surface area contributed by atoms with Gasteiger partial charge in [0, 0.05) is 43.6 Å². The van der Waals surface area contributed by atoms with Gasteiger partial charge in [0.25, 0.3) is 5.91 Å². The van der Waals surface area contributed by atoms with Crippen LogP contribution < -0.4 is 27.0 Å². The summed E-state index contributed by atoms with van der Waals surface area (Å²) in [6, 6.07) is 6.05. The van der Waals surface area contributed by atoms with Gasteiger partial charge in [-0.15, -0.1) is 0 Å². The Morgan fingerprint density at radius 1 is 1.21 bits per heavy atom. The zero-order valence-corrected chi connectivity index (χ0v) is 16.7. The summed E-state index contributed by atoms with van der Waals surface area (Å²) in [6.45, 7) is 1.92. The number of aromatic nitrogens is 2. The van der Waals surface area contributed by atoms with Crippen molar-refractivity contribution in [1.29, 1.82) is 0 Å². The molecule has 2 atom stereocenters. The Kier molecular flexibility index (Phi) is 5.99. The number of rotatable bonds is 6. The molecular formula is C20H29N7O. The molecule has 1 aliphatic rings. The first-order valence-electron chi connectivity index (χ1n) is 9.58. The van der Waals surface area contributed by atoms with Gasteiger partial charge in [0.1, 0.15) is 5.82 Å². The molecular weight excluding hydrogens is 354 g/mol. The summed E-state index contributed by atoms with van der Waals surface area (Å²) in [5.74, 6) is 0.0309. The van der Waals surface area contributed by atoms with Crippen LogP contribution >= 0.6 is 0 Å². The Morgan fingerprint density at radius 2 is 1.96 bits per heavy atom. The summed E-state index contributed by atoms with van der Waals surface area (Å²) in [5, 5.41) is 6.66. The maximum Gasteiger partial charge on any atom is 0.269 e. The second-order valence-electron chi connectivity index (χ2n) is 7.55. The summed E-state index contributed by atoms with van der Waals surface area (Å²) in [5.41, 5.74) is 15.1. The molecule has 2 aromatic rings. The molecule has 2 heterocycles. The van der Waals surface area contributed by atoms with Crippen LogP contribution in [0.4, 0.5) is 22.9 Å². The Bertz CT molecular complexity index is 852. The van der Waals surface area contributed by atoms with Crippen LogP contribution in [0.25, 0.3) is 0 Å². The number of nitrogens with zero attached hydrogens (tertiary/aromatic N) is 3. The van der Waals surface area contributed by atoms with Gasteiger partial charge in [0.15, 0.2) is 5.69 Å². The summed E-state index contributed by atoms with van der Waals surface area (Å²) in [6.07, 6.45) is 5.98. The summed E-state index contributed by atoms with van der Waals surface area (Å²) < 4.78 is 0. The van der Waals surface area contributed by atoms with Gasteiger partial charge in [-0.2, -0.15) is 0 Å². The van der Waals surface area contributed by atoms with E-state index in [1.54, 1.807) is 6.20 Å². The number of pyridine rings is 2. The normalized spacial score (nSPS) is 19.1. The minimum absolute atomic E-state index is 0.113. The first-order chi connectivity index (χ1) is 13.3. The van der Waals surface area contributed by atoms with Crippen molar-refractivity contribution in [2.45, 2.75) is 44.7 Å². The fourth-order valence-electron chi connectivity index (χ4n) is 3.50. The molecule has 2 aromatic heterocycles. The van der Waals surface area contributed by atoms with Gasteiger partial charge in [-0.25, -0.2) is 9.97 Å². The molecule has 0 spiro atoms. The second-order valence-corrected chi connectivity index (χ2v) is 7.55. The molecule has 150 valence electrons. The first kappa shape index (κ1) is 19.9. The molecule has 0 bridgehead atoms. The molecule has 28 heavy (non-hydrogen) atoms. The van der Waals surface area contributed by atoms with Crippen molar-refractivity contribution in [3.05, 3.63) is 35.8 Å². The van der Waals surface area contributed by atoms with Crippen LogP contribution in [-0.2, 0) is 0 Å². The zero-order valence-electron chi connectivity index (χ0n) is 16.7. The van der Waals surface area contributed by atoms with Crippen LogP contribution in [0, 0.1) is 6.92 Å². The average molecular weight is 384 g/mol. The Labute approximate surface area is 165 Å². The SMILES string of the molecule is Cc1cc(N(C)C)cc(Nc2cc(N[C@@H]3CCCC[C@@H]3N)cnc2C(N)=O)n1. The molecule has 0 aliphatic heterocycles. The van der Waals surface area contributed by atoms with Gasteiger partial charge in [-0.1, -0.05) is 12.8 Å². The standard InChI is InChI=1S/C20H29N7O/c1-12-8-14(27(2)3)10-18(24-12)26-17-9-13(11-23-19(17)20(22)28)25-16-7-5-4-6-15(16)21/h8-11,15-16,25H,4-7,21H2,1-3H3,(H2,22,28)(H,24,26)/t15-,16+/m0/s1. The molecule has 6 N–H and O–H groups in total. The number of carbonyl (C=O) groups excluding carboxylic acids is 1. The molecule has 3 rings (SSSR count). The van der Waals surface area contributed by atoms with Gasteiger partial charge in [-0.05, 0) is 31.9 Å². The van der Waals surface area contributed by atoms with Crippen LogP contribution in [0.5, 0.6) is 0 Å². The summed E-state index contributed by atoms with van der Waals surface area (Å²) in [7, 11) is 3.93. The van der Waals surface area contributed by atoms with E-state index in [-0.39, 0.29) is 17.8 Å². The number of nitrogens with two attached hydrogens (primary N) is 2. The Balaban J connectivity index is 1.89. The van der Waals surface area contributed by atoms with E-state index in [0.29, 0.717) is 11.5 Å². The smallest absolute Gasteiger partial charge is 0.269 e. The van der Waals surface area contributed by atoms with Crippen LogP contribution in [0.15, 0.2) is 24.4 Å². The molecule has 8 nitrogen and oxygen atoms in total. The van der Waals surface area contributed by atoms with E-state index in [1.165, 1.54) is 0 Å². The fourth-order valence-corrected chi connectivity index (χ4v) is 3.50. The third-order valence-electron chi connectivity index (χ3n) is 5.01. The highest BCUT2D eigenvalue weighted by Crippen LogP contribution is 2.27. The molecule has 1 amide bonds. The lowest BCUT2D eigenvalue weighted by molar-refractivity contribution is 0.0996. The lowest BCUT2D eigenvalue weighted by Gasteiger charge is -2.30.